The molecule has 44 heavy (non-hydrogen) atoms. The first kappa shape index (κ1) is 28.8. The Balaban J connectivity index is 1.07. The average molecular weight is 626 g/mol. The van der Waals surface area contributed by atoms with E-state index in [0.717, 1.165) is 54.3 Å². The maximum atomic E-state index is 11.9. The number of hydrogen-bond donors (Lipinski definition) is 3. The number of nitrogens with zero attached hydrogens (tertiary/aromatic N) is 5. The molecule has 1 atom stereocenters. The Morgan fingerprint density at radius 3 is 2.64 bits per heavy atom. The van der Waals surface area contributed by atoms with Crippen LogP contribution in [-0.4, -0.2) is 50.5 Å². The van der Waals surface area contributed by atoms with Gasteiger partial charge in [0.25, 0.3) is 5.91 Å². The number of nitrogens with two attached hydrogens (primary N) is 1. The van der Waals surface area contributed by atoms with Crippen molar-refractivity contribution in [2.45, 2.75) is 41.8 Å². The summed E-state index contributed by atoms with van der Waals surface area (Å²) in [5.74, 6) is 0.582. The van der Waals surface area contributed by atoms with Gasteiger partial charge in [-0.05, 0) is 54.0 Å². The number of hydrogen-bond acceptors (Lipinski definition) is 8. The summed E-state index contributed by atoms with van der Waals surface area (Å²) < 4.78 is 1.88. The Labute approximate surface area is 264 Å². The smallest absolute Gasteiger partial charge is 0.251 e. The summed E-state index contributed by atoms with van der Waals surface area (Å²) in [6, 6.07) is 17.8. The van der Waals surface area contributed by atoms with Crippen molar-refractivity contribution in [2.75, 3.05) is 25.0 Å². The Hall–Kier alpha value is -3.96. The van der Waals surface area contributed by atoms with Gasteiger partial charge in [0.05, 0.1) is 23.5 Å². The molecule has 224 valence electrons. The van der Waals surface area contributed by atoms with Crippen LogP contribution >= 0.6 is 23.4 Å². The normalized spacial score (nSPS) is 17.3. The van der Waals surface area contributed by atoms with Crippen molar-refractivity contribution >= 4 is 40.7 Å². The summed E-state index contributed by atoms with van der Waals surface area (Å²) in [6.07, 6.45) is 8.50. The van der Waals surface area contributed by atoms with Gasteiger partial charge in [0.15, 0.2) is 11.5 Å². The monoisotopic (exact) mass is 625 g/mol. The number of imidazole rings is 1. The lowest BCUT2D eigenvalue weighted by atomic mass is 9.73. The lowest BCUT2D eigenvalue weighted by molar-refractivity contribution is 0.0963. The number of pyridine rings is 1. The third-order valence-electron chi connectivity index (χ3n) is 9.02. The van der Waals surface area contributed by atoms with Crippen LogP contribution in [-0.2, 0) is 13.0 Å². The van der Waals surface area contributed by atoms with E-state index in [1.807, 2.05) is 35.0 Å². The second kappa shape index (κ2) is 11.5. The van der Waals surface area contributed by atoms with Gasteiger partial charge in [0.1, 0.15) is 10.7 Å². The molecule has 2 aliphatic rings. The highest BCUT2D eigenvalue weighted by Crippen LogP contribution is 2.51. The molecule has 3 aromatic heterocycles. The number of aromatic nitrogens is 4. The van der Waals surface area contributed by atoms with Crippen LogP contribution in [0, 0.1) is 5.41 Å². The molecule has 1 aliphatic carbocycles. The zero-order valence-electron chi connectivity index (χ0n) is 24.2. The summed E-state index contributed by atoms with van der Waals surface area (Å²) in [6.45, 7) is 1.42. The van der Waals surface area contributed by atoms with Gasteiger partial charge >= 0.3 is 0 Å². The standard InChI is InChI=1S/C33H32ClN7O2S/c1-36-32(43)21-8-6-20(7-9-21)24-18-41-13-10-26(28(34)31(41)39-24)44-27-17-37-30(25(19-42)38-27)40-14-11-33(12-15-40)16-22-4-2-3-5-23(22)29(33)35/h2-10,13,17-18,29,42H,11-12,14-16,19,35H2,1H3,(H,36,43)/t29-/m1/s1. The minimum absolute atomic E-state index is 0.0471. The number of rotatable bonds is 6. The molecule has 5 aromatic rings. The van der Waals surface area contributed by atoms with Crippen LogP contribution in [0.15, 0.2) is 83.1 Å². The Kier molecular flexibility index (Phi) is 7.54. The minimum Gasteiger partial charge on any atom is -0.390 e. The predicted molar refractivity (Wildman–Crippen MR) is 172 cm³/mol. The third-order valence-corrected chi connectivity index (χ3v) is 10.5. The van der Waals surface area contributed by atoms with E-state index in [2.05, 4.69) is 34.5 Å². The third kappa shape index (κ3) is 5.01. The molecule has 0 bridgehead atoms. The van der Waals surface area contributed by atoms with E-state index in [-0.39, 0.29) is 24.0 Å². The number of amides is 1. The van der Waals surface area contributed by atoms with E-state index in [4.69, 9.17) is 32.3 Å². The first-order chi connectivity index (χ1) is 21.4. The predicted octanol–water partition coefficient (Wildman–Crippen LogP) is 5.29. The molecular formula is C33H32ClN7O2S. The van der Waals surface area contributed by atoms with Crippen molar-refractivity contribution in [1.29, 1.82) is 0 Å². The van der Waals surface area contributed by atoms with Crippen LogP contribution in [0.2, 0.25) is 5.02 Å². The molecular weight excluding hydrogens is 594 g/mol. The van der Waals surface area contributed by atoms with Crippen molar-refractivity contribution in [3.8, 4) is 11.3 Å². The molecule has 4 N–H and O–H groups in total. The molecule has 1 aliphatic heterocycles. The summed E-state index contributed by atoms with van der Waals surface area (Å²) in [5.41, 5.74) is 12.8. The number of carbonyl (C=O) groups excluding carboxylic acids is 1. The molecule has 7 rings (SSSR count). The summed E-state index contributed by atoms with van der Waals surface area (Å²) in [5, 5.41) is 14.0. The second-order valence-electron chi connectivity index (χ2n) is 11.4. The minimum atomic E-state index is -0.210. The summed E-state index contributed by atoms with van der Waals surface area (Å²) >= 11 is 8.22. The molecule has 1 amide bonds. The van der Waals surface area contributed by atoms with Gasteiger partial charge in [0.2, 0.25) is 0 Å². The summed E-state index contributed by atoms with van der Waals surface area (Å²) in [7, 11) is 1.61. The first-order valence-electron chi connectivity index (χ1n) is 14.6. The quantitative estimate of drug-likeness (QED) is 0.233. The van der Waals surface area contributed by atoms with Crippen molar-refractivity contribution in [1.82, 2.24) is 24.7 Å². The molecule has 11 heteroatoms. The van der Waals surface area contributed by atoms with Crippen molar-refractivity contribution in [3.05, 3.63) is 101 Å². The maximum absolute atomic E-state index is 11.9. The van der Waals surface area contributed by atoms with E-state index in [0.29, 0.717) is 27.0 Å². The van der Waals surface area contributed by atoms with Crippen LogP contribution in [0.5, 0.6) is 0 Å². The van der Waals surface area contributed by atoms with Crippen LogP contribution in [0.4, 0.5) is 5.82 Å². The Bertz CT molecular complexity index is 1870. The molecule has 9 nitrogen and oxygen atoms in total. The fourth-order valence-corrected chi connectivity index (χ4v) is 7.67. The largest absolute Gasteiger partial charge is 0.390 e. The van der Waals surface area contributed by atoms with Gasteiger partial charge in [-0.15, -0.1) is 0 Å². The van der Waals surface area contributed by atoms with Crippen molar-refractivity contribution in [3.63, 3.8) is 0 Å². The second-order valence-corrected chi connectivity index (χ2v) is 12.9. The highest BCUT2D eigenvalue weighted by molar-refractivity contribution is 7.99. The van der Waals surface area contributed by atoms with E-state index in [9.17, 15) is 9.90 Å². The van der Waals surface area contributed by atoms with Gasteiger partial charge in [-0.3, -0.25) is 4.79 Å². The van der Waals surface area contributed by atoms with Crippen molar-refractivity contribution < 1.29 is 9.90 Å². The number of fused-ring (bicyclic) bond motifs is 2. The number of anilines is 1. The Morgan fingerprint density at radius 1 is 1.14 bits per heavy atom. The topological polar surface area (TPSA) is 122 Å². The first-order valence-corrected chi connectivity index (χ1v) is 15.8. The van der Waals surface area contributed by atoms with Crippen LogP contribution < -0.4 is 16.0 Å². The number of aliphatic hydroxyl groups is 1. The number of nitrogens with one attached hydrogen (secondary N) is 1. The molecule has 2 aromatic carbocycles. The fraction of sp³-hybridized carbons (Fsp3) is 0.273. The van der Waals surface area contributed by atoms with E-state index < -0.39 is 0 Å². The van der Waals surface area contributed by atoms with Gasteiger partial charge in [-0.2, -0.15) is 0 Å². The van der Waals surface area contributed by atoms with Crippen LogP contribution in [0.3, 0.4) is 0 Å². The maximum Gasteiger partial charge on any atom is 0.251 e. The van der Waals surface area contributed by atoms with E-state index in [1.165, 1.54) is 22.9 Å². The zero-order chi connectivity index (χ0) is 30.4. The van der Waals surface area contributed by atoms with E-state index >= 15 is 0 Å². The molecule has 0 radical (unpaired) electrons. The number of benzene rings is 2. The Morgan fingerprint density at radius 2 is 1.91 bits per heavy atom. The van der Waals surface area contributed by atoms with Gasteiger partial charge < -0.3 is 25.5 Å². The number of piperidine rings is 1. The highest BCUT2D eigenvalue weighted by Gasteiger charge is 2.46. The van der Waals surface area contributed by atoms with Gasteiger partial charge in [0, 0.05) is 54.6 Å². The zero-order valence-corrected chi connectivity index (χ0v) is 25.8. The van der Waals surface area contributed by atoms with E-state index in [1.54, 1.807) is 25.4 Å². The molecule has 0 saturated carbocycles. The highest BCUT2D eigenvalue weighted by atomic mass is 35.5. The number of carbonyl (C=O) groups is 1. The van der Waals surface area contributed by atoms with Crippen LogP contribution in [0.1, 0.15) is 46.1 Å². The van der Waals surface area contributed by atoms with Crippen molar-refractivity contribution in [2.24, 2.45) is 11.1 Å². The lowest BCUT2D eigenvalue weighted by Crippen LogP contribution is -2.45. The average Bonchev–Trinajstić information content (AvgIpc) is 3.62. The SMILES string of the molecule is CNC(=O)c1ccc(-c2cn3ccc(Sc4cnc(N5CCC6(CC5)Cc5ccccc5[C@H]6N)c(CO)n4)c(Cl)c3n2)cc1. The van der Waals surface area contributed by atoms with Gasteiger partial charge in [-0.1, -0.05) is 59.8 Å². The number of halogens is 1. The number of aliphatic hydroxyl groups excluding tert-OH is 1. The van der Waals surface area contributed by atoms with Crippen LogP contribution in [0.25, 0.3) is 16.9 Å². The molecule has 0 unspecified atom stereocenters. The lowest BCUT2D eigenvalue weighted by Gasteiger charge is -2.42. The molecule has 4 heterocycles. The molecule has 1 fully saturated rings. The fourth-order valence-electron chi connectivity index (χ4n) is 6.56. The molecule has 1 spiro atoms. The van der Waals surface area contributed by atoms with Gasteiger partial charge in [-0.25, -0.2) is 15.0 Å². The summed E-state index contributed by atoms with van der Waals surface area (Å²) in [4.78, 5) is 29.2. The molecule has 1 saturated heterocycles.